The molecule has 1 aliphatic carbocycles. The van der Waals surface area contributed by atoms with Gasteiger partial charge in [-0.2, -0.15) is 0 Å². The molecule has 2 atom stereocenters. The number of hydrogen-bond acceptors (Lipinski definition) is 6. The predicted molar refractivity (Wildman–Crippen MR) is 154 cm³/mol. The molecule has 4 rings (SSSR count). The number of halogens is 1. The quantitative estimate of drug-likeness (QED) is 0.163. The number of hydrogen-bond donors (Lipinski definition) is 3. The first-order chi connectivity index (χ1) is 19.4. The van der Waals surface area contributed by atoms with Crippen molar-refractivity contribution in [1.29, 1.82) is 0 Å². The fourth-order valence-electron chi connectivity index (χ4n) is 4.80. The zero-order valence-electron chi connectivity index (χ0n) is 22.7. The normalized spacial score (nSPS) is 16.2. The van der Waals surface area contributed by atoms with E-state index in [2.05, 4.69) is 5.32 Å². The molecule has 3 N–H and O–H groups in total. The molecule has 3 aromatic rings. The van der Waals surface area contributed by atoms with Crippen LogP contribution in [0.3, 0.4) is 0 Å². The van der Waals surface area contributed by atoms with Crippen LogP contribution in [0.25, 0.3) is 0 Å². The van der Waals surface area contributed by atoms with Crippen molar-refractivity contribution < 1.29 is 33.2 Å². The molecular weight excluding hydrogens is 532 g/mol. The highest BCUT2D eigenvalue weighted by molar-refractivity contribution is 7.40. The lowest BCUT2D eigenvalue weighted by molar-refractivity contribution is 0.106. The van der Waals surface area contributed by atoms with Gasteiger partial charge in [0.1, 0.15) is 37.4 Å². The van der Waals surface area contributed by atoms with Gasteiger partial charge in [0.05, 0.1) is 5.16 Å². The van der Waals surface area contributed by atoms with Gasteiger partial charge >= 0.3 is 0 Å². The first-order valence-corrected chi connectivity index (χ1v) is 15.2. The van der Waals surface area contributed by atoms with Gasteiger partial charge in [0.15, 0.2) is 19.6 Å². The number of aliphatic hydroxyl groups excluding tert-OH is 1. The Balaban J connectivity index is 1.12. The Morgan fingerprint density at radius 2 is 1.62 bits per heavy atom. The van der Waals surface area contributed by atoms with Crippen molar-refractivity contribution in [3.63, 3.8) is 0 Å². The van der Waals surface area contributed by atoms with Gasteiger partial charge < -0.3 is 29.5 Å². The van der Waals surface area contributed by atoms with Crippen LogP contribution in [0.4, 0.5) is 4.39 Å². The molecule has 0 heterocycles. The van der Waals surface area contributed by atoms with E-state index < -0.39 is 25.1 Å². The first-order valence-electron chi connectivity index (χ1n) is 13.9. The summed E-state index contributed by atoms with van der Waals surface area (Å²) in [4.78, 5) is 9.89. The molecule has 0 amide bonds. The molecule has 1 aliphatic rings. The van der Waals surface area contributed by atoms with Crippen molar-refractivity contribution in [2.24, 2.45) is 0 Å². The van der Waals surface area contributed by atoms with Crippen LogP contribution in [0.5, 0.6) is 17.2 Å². The molecule has 1 fully saturated rings. The Kier molecular flexibility index (Phi) is 11.4. The van der Waals surface area contributed by atoms with Gasteiger partial charge in [-0.15, -0.1) is 0 Å². The van der Waals surface area contributed by atoms with Gasteiger partial charge in [-0.1, -0.05) is 61.7 Å². The summed E-state index contributed by atoms with van der Waals surface area (Å²) in [5, 5.41) is 12.9. The molecule has 0 aromatic heterocycles. The second kappa shape index (κ2) is 15.2. The zero-order chi connectivity index (χ0) is 28.2. The van der Waals surface area contributed by atoms with E-state index in [1.54, 1.807) is 6.07 Å². The maximum atomic E-state index is 14.4. The van der Waals surface area contributed by atoms with Crippen LogP contribution in [-0.4, -0.2) is 47.6 Å². The fourth-order valence-corrected chi connectivity index (χ4v) is 5.78. The van der Waals surface area contributed by atoms with Gasteiger partial charge in [-0.3, -0.25) is 4.57 Å². The van der Waals surface area contributed by atoms with Gasteiger partial charge in [0, 0.05) is 12.6 Å². The summed E-state index contributed by atoms with van der Waals surface area (Å²) in [5.41, 5.74) is 2.06. The summed E-state index contributed by atoms with van der Waals surface area (Å²) < 4.78 is 43.4. The molecule has 40 heavy (non-hydrogen) atoms. The topological polar surface area (TPSA) is 97.3 Å². The number of ether oxygens (including phenoxy) is 3. The van der Waals surface area contributed by atoms with Crippen LogP contribution < -0.4 is 19.5 Å². The summed E-state index contributed by atoms with van der Waals surface area (Å²) in [6.07, 6.45) is 4.57. The zero-order valence-corrected chi connectivity index (χ0v) is 23.7. The minimum atomic E-state index is -2.66. The molecule has 216 valence electrons. The third-order valence-corrected chi connectivity index (χ3v) is 8.81. The minimum absolute atomic E-state index is 0.0321. The average Bonchev–Trinajstić information content (AvgIpc) is 2.98. The molecule has 2 unspecified atom stereocenters. The predicted octanol–water partition coefficient (Wildman–Crippen LogP) is 5.53. The summed E-state index contributed by atoms with van der Waals surface area (Å²) in [7, 11) is -2.66. The maximum absolute atomic E-state index is 14.4. The van der Waals surface area contributed by atoms with Crippen LogP contribution in [-0.2, 0) is 17.6 Å². The van der Waals surface area contributed by atoms with Crippen molar-refractivity contribution in [3.05, 3.63) is 89.7 Å². The average molecular weight is 572 g/mol. The summed E-state index contributed by atoms with van der Waals surface area (Å²) in [6.45, 7) is 1.58. The third-order valence-electron chi connectivity index (χ3n) is 7.26. The fraction of sp³-hybridized carbons (Fsp3) is 0.419. The summed E-state index contributed by atoms with van der Waals surface area (Å²) in [6, 6.07) is 21.7. The Labute approximate surface area is 236 Å². The van der Waals surface area contributed by atoms with Crippen molar-refractivity contribution in [2.45, 2.75) is 56.4 Å². The lowest BCUT2D eigenvalue weighted by Crippen LogP contribution is -2.34. The smallest absolute Gasteiger partial charge is 0.198 e. The van der Waals surface area contributed by atoms with Crippen LogP contribution >= 0.6 is 8.03 Å². The van der Waals surface area contributed by atoms with Crippen LogP contribution in [0.15, 0.2) is 72.8 Å². The molecular formula is C31H39FNO6P. The molecule has 0 saturated heterocycles. The van der Waals surface area contributed by atoms with Crippen LogP contribution in [0.1, 0.15) is 43.2 Å². The molecule has 3 aromatic carbocycles. The molecule has 0 spiro atoms. The van der Waals surface area contributed by atoms with E-state index >= 15 is 0 Å². The summed E-state index contributed by atoms with van der Waals surface area (Å²) >= 11 is 0. The second-order valence-corrected chi connectivity index (χ2v) is 12.0. The second-order valence-electron chi connectivity index (χ2n) is 10.4. The lowest BCUT2D eigenvalue weighted by Gasteiger charge is -2.34. The van der Waals surface area contributed by atoms with E-state index in [0.29, 0.717) is 24.6 Å². The monoisotopic (exact) mass is 571 g/mol. The third kappa shape index (κ3) is 9.07. The number of nitrogens with one attached hydrogen (secondary N) is 1. The standard InChI is InChI=1S/C31H39FNO6P/c32-29-19-28(13-14-30(29)38-21-25-7-3-1-4-8-25)37-22-26(34)20-33-18-15-24-9-11-27(12-10-24)39-23-31(40(35)36)16-5-2-6-17-31/h1,3-4,7-14,19,26,33-34,40H,2,5-6,15-18,20-23H2,(H,35,36). The molecule has 7 nitrogen and oxygen atoms in total. The van der Waals surface area contributed by atoms with Gasteiger partial charge in [-0.25, -0.2) is 4.39 Å². The molecule has 0 aliphatic heterocycles. The van der Waals surface area contributed by atoms with Gasteiger partial charge in [-0.05, 0) is 61.2 Å². The maximum Gasteiger partial charge on any atom is 0.198 e. The highest BCUT2D eigenvalue weighted by Gasteiger charge is 2.38. The molecule has 9 heteroatoms. The van der Waals surface area contributed by atoms with E-state index in [-0.39, 0.29) is 25.6 Å². The van der Waals surface area contributed by atoms with Crippen molar-refractivity contribution in [2.75, 3.05) is 26.3 Å². The van der Waals surface area contributed by atoms with Crippen LogP contribution in [0.2, 0.25) is 0 Å². The van der Waals surface area contributed by atoms with Gasteiger partial charge in [0.25, 0.3) is 0 Å². The van der Waals surface area contributed by atoms with Gasteiger partial charge in [0.2, 0.25) is 0 Å². The van der Waals surface area contributed by atoms with E-state index in [9.17, 15) is 19.0 Å². The minimum Gasteiger partial charge on any atom is -0.492 e. The van der Waals surface area contributed by atoms with E-state index in [4.69, 9.17) is 14.2 Å². The Bertz CT molecular complexity index is 1200. The number of aliphatic hydroxyl groups is 1. The SMILES string of the molecule is O=[PH](O)C1(COc2ccc(CCNCC(O)COc3ccc(OCc4ccccc4)c(F)c3)cc2)CCCCC1. The van der Waals surface area contributed by atoms with E-state index in [1.807, 2.05) is 54.6 Å². The Hall–Kier alpha value is -2.90. The first kappa shape index (κ1) is 30.1. The highest BCUT2D eigenvalue weighted by Crippen LogP contribution is 2.46. The highest BCUT2D eigenvalue weighted by atomic mass is 31.1. The van der Waals surface area contributed by atoms with Crippen molar-refractivity contribution >= 4 is 8.03 Å². The lowest BCUT2D eigenvalue weighted by atomic mass is 9.89. The van der Waals surface area contributed by atoms with Crippen molar-refractivity contribution in [3.8, 4) is 17.2 Å². The van der Waals surface area contributed by atoms with E-state index in [1.165, 1.54) is 12.1 Å². The van der Waals surface area contributed by atoms with E-state index in [0.717, 1.165) is 49.7 Å². The Morgan fingerprint density at radius 1 is 0.900 bits per heavy atom. The Morgan fingerprint density at radius 3 is 2.33 bits per heavy atom. The number of rotatable bonds is 15. The molecule has 1 saturated carbocycles. The van der Waals surface area contributed by atoms with Crippen molar-refractivity contribution in [1.82, 2.24) is 5.32 Å². The summed E-state index contributed by atoms with van der Waals surface area (Å²) in [5.74, 6) is 0.653. The molecule has 0 bridgehead atoms. The largest absolute Gasteiger partial charge is 0.492 e. The van der Waals surface area contributed by atoms with Crippen LogP contribution in [0, 0.1) is 5.82 Å². The molecule has 0 radical (unpaired) electrons. The number of benzene rings is 3.